The van der Waals surface area contributed by atoms with Crippen molar-refractivity contribution >= 4 is 0 Å². The summed E-state index contributed by atoms with van der Waals surface area (Å²) in [6.45, 7) is 6.84. The molecule has 2 nitrogen and oxygen atoms in total. The monoisotopic (exact) mass is 128 g/mol. The van der Waals surface area contributed by atoms with Crippen LogP contribution in [0.5, 0.6) is 0 Å². The van der Waals surface area contributed by atoms with Crippen LogP contribution in [0.2, 0.25) is 0 Å². The zero-order valence-electron chi connectivity index (χ0n) is 6.28. The molecule has 1 aliphatic heterocycles. The lowest BCUT2D eigenvalue weighted by Crippen LogP contribution is -2.44. The first kappa shape index (κ1) is 7.03. The van der Waals surface area contributed by atoms with Crippen molar-refractivity contribution in [3.05, 3.63) is 0 Å². The van der Waals surface area contributed by atoms with Gasteiger partial charge in [0.1, 0.15) is 0 Å². The van der Waals surface area contributed by atoms with Gasteiger partial charge in [-0.25, -0.2) is 0 Å². The van der Waals surface area contributed by atoms with Gasteiger partial charge in [-0.15, -0.1) is 0 Å². The highest BCUT2D eigenvalue weighted by atomic mass is 15.4. The molecule has 0 amide bonds. The Morgan fingerprint density at radius 1 is 1.33 bits per heavy atom. The second-order valence-corrected chi connectivity index (χ2v) is 3.10. The maximum atomic E-state index is 3.17. The zero-order valence-corrected chi connectivity index (χ0v) is 6.28. The Morgan fingerprint density at radius 3 is 2.44 bits per heavy atom. The van der Waals surface area contributed by atoms with Gasteiger partial charge in [0.2, 0.25) is 0 Å². The van der Waals surface area contributed by atoms with Crippen molar-refractivity contribution in [2.45, 2.75) is 20.3 Å². The molecule has 1 aliphatic rings. The second kappa shape index (κ2) is 3.18. The summed E-state index contributed by atoms with van der Waals surface area (Å²) in [7, 11) is 0. The van der Waals surface area contributed by atoms with Crippen molar-refractivity contribution in [2.24, 2.45) is 11.8 Å². The van der Waals surface area contributed by atoms with E-state index >= 15 is 0 Å². The lowest BCUT2D eigenvalue weighted by atomic mass is 9.92. The molecular weight excluding hydrogens is 112 g/mol. The Morgan fingerprint density at radius 2 is 2.11 bits per heavy atom. The first-order chi connectivity index (χ1) is 4.30. The average molecular weight is 128 g/mol. The average Bonchev–Trinajstić information content (AvgIpc) is 1.90. The lowest BCUT2D eigenvalue weighted by Gasteiger charge is -2.26. The standard InChI is InChI=1S/C7H16N2/c1-6(2)7-3-4-8-9-5-7/h6-9H,3-5H2,1-2H3. The van der Waals surface area contributed by atoms with Crippen molar-refractivity contribution in [1.82, 2.24) is 10.9 Å². The van der Waals surface area contributed by atoms with Crippen LogP contribution in [0.15, 0.2) is 0 Å². The summed E-state index contributed by atoms with van der Waals surface area (Å²) in [6, 6.07) is 0. The Labute approximate surface area is 57.0 Å². The molecule has 0 aromatic heterocycles. The molecule has 0 aliphatic carbocycles. The van der Waals surface area contributed by atoms with Gasteiger partial charge >= 0.3 is 0 Å². The molecule has 0 radical (unpaired) electrons. The predicted molar refractivity (Wildman–Crippen MR) is 39.0 cm³/mol. The number of hydrogen-bond acceptors (Lipinski definition) is 2. The fourth-order valence-corrected chi connectivity index (χ4v) is 1.22. The smallest absolute Gasteiger partial charge is 0.0131 e. The largest absolute Gasteiger partial charge is 0.258 e. The van der Waals surface area contributed by atoms with Crippen LogP contribution in [0.3, 0.4) is 0 Å². The van der Waals surface area contributed by atoms with Crippen LogP contribution in [0, 0.1) is 11.8 Å². The van der Waals surface area contributed by atoms with Gasteiger partial charge in [0.25, 0.3) is 0 Å². The third-order valence-electron chi connectivity index (χ3n) is 2.07. The zero-order chi connectivity index (χ0) is 6.69. The van der Waals surface area contributed by atoms with Gasteiger partial charge in [0.15, 0.2) is 0 Å². The SMILES string of the molecule is CC(C)C1CCNNC1. The van der Waals surface area contributed by atoms with E-state index in [0.717, 1.165) is 24.9 Å². The highest BCUT2D eigenvalue weighted by molar-refractivity contribution is 4.69. The Hall–Kier alpha value is -0.0800. The minimum Gasteiger partial charge on any atom is -0.258 e. The number of rotatable bonds is 1. The van der Waals surface area contributed by atoms with E-state index in [1.165, 1.54) is 6.42 Å². The maximum Gasteiger partial charge on any atom is 0.0131 e. The number of hydrazine groups is 1. The molecule has 0 spiro atoms. The Balaban J connectivity index is 2.23. The van der Waals surface area contributed by atoms with Gasteiger partial charge in [0, 0.05) is 13.1 Å². The molecule has 1 saturated heterocycles. The molecule has 1 fully saturated rings. The topological polar surface area (TPSA) is 24.1 Å². The normalized spacial score (nSPS) is 29.0. The number of nitrogens with one attached hydrogen (secondary N) is 2. The van der Waals surface area contributed by atoms with E-state index < -0.39 is 0 Å². The van der Waals surface area contributed by atoms with Crippen LogP contribution in [-0.2, 0) is 0 Å². The highest BCUT2D eigenvalue weighted by Gasteiger charge is 2.15. The van der Waals surface area contributed by atoms with Crippen LogP contribution in [0.4, 0.5) is 0 Å². The van der Waals surface area contributed by atoms with E-state index in [1.54, 1.807) is 0 Å². The van der Waals surface area contributed by atoms with Crippen molar-refractivity contribution in [2.75, 3.05) is 13.1 Å². The first-order valence-corrected chi connectivity index (χ1v) is 3.76. The Kier molecular flexibility index (Phi) is 2.49. The van der Waals surface area contributed by atoms with Crippen LogP contribution < -0.4 is 10.9 Å². The van der Waals surface area contributed by atoms with E-state index in [4.69, 9.17) is 0 Å². The Bertz CT molecular complexity index is 75.0. The van der Waals surface area contributed by atoms with Crippen molar-refractivity contribution < 1.29 is 0 Å². The summed E-state index contributed by atoms with van der Waals surface area (Å²) in [6.07, 6.45) is 1.32. The molecule has 0 aromatic carbocycles. The van der Waals surface area contributed by atoms with E-state index in [-0.39, 0.29) is 0 Å². The van der Waals surface area contributed by atoms with Gasteiger partial charge in [-0.2, -0.15) is 0 Å². The van der Waals surface area contributed by atoms with Crippen molar-refractivity contribution in [3.63, 3.8) is 0 Å². The van der Waals surface area contributed by atoms with Gasteiger partial charge in [-0.05, 0) is 18.3 Å². The molecule has 1 rings (SSSR count). The van der Waals surface area contributed by atoms with E-state index in [1.807, 2.05) is 0 Å². The van der Waals surface area contributed by atoms with Crippen LogP contribution in [0.25, 0.3) is 0 Å². The fraction of sp³-hybridized carbons (Fsp3) is 1.00. The predicted octanol–water partition coefficient (Wildman–Crippen LogP) is 0.757. The molecule has 0 aromatic rings. The third-order valence-corrected chi connectivity index (χ3v) is 2.07. The minimum absolute atomic E-state index is 0.833. The molecular formula is C7H16N2. The highest BCUT2D eigenvalue weighted by Crippen LogP contribution is 2.14. The molecule has 1 atom stereocenters. The van der Waals surface area contributed by atoms with Crippen molar-refractivity contribution in [1.29, 1.82) is 0 Å². The van der Waals surface area contributed by atoms with Gasteiger partial charge in [-0.3, -0.25) is 10.9 Å². The summed E-state index contributed by atoms with van der Waals surface area (Å²) in [5.41, 5.74) is 6.29. The maximum absolute atomic E-state index is 3.17. The summed E-state index contributed by atoms with van der Waals surface area (Å²) in [5.74, 6) is 1.71. The molecule has 0 bridgehead atoms. The van der Waals surface area contributed by atoms with E-state index in [9.17, 15) is 0 Å². The molecule has 0 saturated carbocycles. The van der Waals surface area contributed by atoms with Crippen molar-refractivity contribution in [3.8, 4) is 0 Å². The fourth-order valence-electron chi connectivity index (χ4n) is 1.22. The number of hydrogen-bond donors (Lipinski definition) is 2. The van der Waals surface area contributed by atoms with Gasteiger partial charge in [0.05, 0.1) is 0 Å². The quantitative estimate of drug-likeness (QED) is 0.544. The lowest BCUT2D eigenvalue weighted by molar-refractivity contribution is 0.270. The molecule has 54 valence electrons. The summed E-state index contributed by atoms with van der Waals surface area (Å²) >= 11 is 0. The molecule has 2 heteroatoms. The van der Waals surface area contributed by atoms with Crippen LogP contribution >= 0.6 is 0 Å². The van der Waals surface area contributed by atoms with E-state index in [2.05, 4.69) is 24.7 Å². The second-order valence-electron chi connectivity index (χ2n) is 3.10. The summed E-state index contributed by atoms with van der Waals surface area (Å²) in [4.78, 5) is 0. The summed E-state index contributed by atoms with van der Waals surface area (Å²) < 4.78 is 0. The molecule has 2 N–H and O–H groups in total. The van der Waals surface area contributed by atoms with E-state index in [0.29, 0.717) is 0 Å². The molecule has 9 heavy (non-hydrogen) atoms. The van der Waals surface area contributed by atoms with Gasteiger partial charge in [-0.1, -0.05) is 13.8 Å². The van der Waals surface area contributed by atoms with Crippen LogP contribution in [-0.4, -0.2) is 13.1 Å². The van der Waals surface area contributed by atoms with Gasteiger partial charge < -0.3 is 0 Å². The summed E-state index contributed by atoms with van der Waals surface area (Å²) in [5, 5.41) is 0. The first-order valence-electron chi connectivity index (χ1n) is 3.76. The molecule has 1 heterocycles. The van der Waals surface area contributed by atoms with Crippen LogP contribution in [0.1, 0.15) is 20.3 Å². The minimum atomic E-state index is 0.833. The molecule has 1 unspecified atom stereocenters. The third kappa shape index (κ3) is 1.95.